The quantitative estimate of drug-likeness (QED) is 0.774. The molecule has 0 bridgehead atoms. The van der Waals surface area contributed by atoms with Crippen molar-refractivity contribution in [2.45, 2.75) is 33.2 Å². The second kappa shape index (κ2) is 5.10. The van der Waals surface area contributed by atoms with Crippen molar-refractivity contribution in [3.05, 3.63) is 27.7 Å². The van der Waals surface area contributed by atoms with Crippen LogP contribution in [0.2, 0.25) is 10.0 Å². The number of halogens is 2. The van der Waals surface area contributed by atoms with Gasteiger partial charge in [0.2, 0.25) is 0 Å². The molecule has 2 atom stereocenters. The molecule has 2 unspecified atom stereocenters. The Kier molecular flexibility index (Phi) is 3.88. The molecule has 2 rings (SSSR count). The van der Waals surface area contributed by atoms with Crippen molar-refractivity contribution in [1.82, 2.24) is 0 Å². The van der Waals surface area contributed by atoms with E-state index in [4.69, 9.17) is 23.2 Å². The lowest BCUT2D eigenvalue weighted by Gasteiger charge is -2.39. The van der Waals surface area contributed by atoms with Gasteiger partial charge in [-0.15, -0.1) is 0 Å². The average molecular weight is 286 g/mol. The van der Waals surface area contributed by atoms with Gasteiger partial charge in [0.15, 0.2) is 0 Å². The number of nitrogens with zero attached hydrogens (tertiary/aromatic N) is 1. The second-order valence-electron chi connectivity index (χ2n) is 4.99. The molecule has 18 heavy (non-hydrogen) atoms. The van der Waals surface area contributed by atoms with Gasteiger partial charge in [0.1, 0.15) is 5.78 Å². The van der Waals surface area contributed by atoms with Crippen LogP contribution >= 0.6 is 23.2 Å². The van der Waals surface area contributed by atoms with E-state index in [1.807, 2.05) is 26.0 Å². The van der Waals surface area contributed by atoms with Crippen LogP contribution in [0.3, 0.4) is 0 Å². The standard InChI is InChI=1S/C14H17Cl2NO/c1-8-6-12(16)13(7-11(8)15)17-5-4-14(18)9(2)10(17)3/h6-7,9-10H,4-5H2,1-3H3. The highest BCUT2D eigenvalue weighted by Gasteiger charge is 2.31. The number of piperidine rings is 1. The van der Waals surface area contributed by atoms with Gasteiger partial charge < -0.3 is 4.90 Å². The van der Waals surface area contributed by atoms with E-state index in [1.54, 1.807) is 0 Å². The second-order valence-corrected chi connectivity index (χ2v) is 5.81. The summed E-state index contributed by atoms with van der Waals surface area (Å²) in [6, 6.07) is 3.94. The van der Waals surface area contributed by atoms with Gasteiger partial charge in [0, 0.05) is 29.9 Å². The maximum atomic E-state index is 11.7. The fourth-order valence-corrected chi connectivity index (χ4v) is 2.88. The summed E-state index contributed by atoms with van der Waals surface area (Å²) in [6.07, 6.45) is 0.577. The fourth-order valence-electron chi connectivity index (χ4n) is 2.40. The number of carbonyl (C=O) groups excluding carboxylic acids is 1. The van der Waals surface area contributed by atoms with Crippen LogP contribution in [0.25, 0.3) is 0 Å². The Hall–Kier alpha value is -0.730. The third-order valence-electron chi connectivity index (χ3n) is 3.86. The summed E-state index contributed by atoms with van der Waals surface area (Å²) in [5, 5.41) is 1.41. The van der Waals surface area contributed by atoms with Gasteiger partial charge >= 0.3 is 0 Å². The van der Waals surface area contributed by atoms with Gasteiger partial charge in [-0.1, -0.05) is 30.1 Å². The summed E-state index contributed by atoms with van der Waals surface area (Å²) >= 11 is 12.5. The maximum absolute atomic E-state index is 11.7. The topological polar surface area (TPSA) is 20.3 Å². The molecule has 98 valence electrons. The molecule has 0 amide bonds. The minimum atomic E-state index is 0.0369. The van der Waals surface area contributed by atoms with Gasteiger partial charge in [-0.3, -0.25) is 4.79 Å². The molecule has 1 aliphatic rings. The van der Waals surface area contributed by atoms with Crippen LogP contribution in [0, 0.1) is 12.8 Å². The van der Waals surface area contributed by atoms with Gasteiger partial charge in [-0.05, 0) is 31.5 Å². The number of hydrogen-bond acceptors (Lipinski definition) is 2. The first-order valence-corrected chi connectivity index (χ1v) is 6.92. The van der Waals surface area contributed by atoms with Crippen LogP contribution in [0.1, 0.15) is 25.8 Å². The lowest BCUT2D eigenvalue weighted by Crippen LogP contribution is -2.47. The predicted molar refractivity (Wildman–Crippen MR) is 76.8 cm³/mol. The summed E-state index contributed by atoms with van der Waals surface area (Å²) < 4.78 is 0. The largest absolute Gasteiger partial charge is 0.366 e. The fraction of sp³-hybridized carbons (Fsp3) is 0.500. The first kappa shape index (κ1) is 13.7. The van der Waals surface area contributed by atoms with Crippen molar-refractivity contribution >= 4 is 34.7 Å². The van der Waals surface area contributed by atoms with Gasteiger partial charge in [-0.25, -0.2) is 0 Å². The minimum Gasteiger partial charge on any atom is -0.366 e. The summed E-state index contributed by atoms with van der Waals surface area (Å²) in [6.45, 7) is 6.68. The lowest BCUT2D eigenvalue weighted by molar-refractivity contribution is -0.123. The first-order valence-electron chi connectivity index (χ1n) is 6.17. The number of benzene rings is 1. The highest BCUT2D eigenvalue weighted by Crippen LogP contribution is 2.35. The van der Waals surface area contributed by atoms with Gasteiger partial charge in [-0.2, -0.15) is 0 Å². The zero-order valence-electron chi connectivity index (χ0n) is 10.8. The molecule has 1 saturated heterocycles. The molecule has 0 spiro atoms. The van der Waals surface area contributed by atoms with E-state index < -0.39 is 0 Å². The molecule has 0 aliphatic carbocycles. The van der Waals surface area contributed by atoms with Crippen molar-refractivity contribution in [3.8, 4) is 0 Å². The maximum Gasteiger partial charge on any atom is 0.139 e. The SMILES string of the molecule is Cc1cc(Cl)c(N2CCC(=O)C(C)C2C)cc1Cl. The number of ketones is 1. The monoisotopic (exact) mass is 285 g/mol. The van der Waals surface area contributed by atoms with Crippen molar-refractivity contribution < 1.29 is 4.79 Å². The Morgan fingerprint density at radius 1 is 1.22 bits per heavy atom. The molecular formula is C14H17Cl2NO. The molecule has 1 aliphatic heterocycles. The summed E-state index contributed by atoms with van der Waals surface area (Å²) in [4.78, 5) is 13.9. The van der Waals surface area contributed by atoms with E-state index in [-0.39, 0.29) is 12.0 Å². The van der Waals surface area contributed by atoms with Crippen LogP contribution in [0.5, 0.6) is 0 Å². The molecule has 1 aromatic carbocycles. The van der Waals surface area contributed by atoms with Crippen molar-refractivity contribution in [2.75, 3.05) is 11.4 Å². The normalized spacial score (nSPS) is 24.5. The molecule has 0 N–H and O–H groups in total. The molecule has 4 heteroatoms. The Balaban J connectivity index is 2.37. The Labute approximate surface area is 118 Å². The van der Waals surface area contributed by atoms with E-state index in [1.165, 1.54) is 0 Å². The molecular weight excluding hydrogens is 269 g/mol. The van der Waals surface area contributed by atoms with E-state index >= 15 is 0 Å². The van der Waals surface area contributed by atoms with Crippen LogP contribution < -0.4 is 4.90 Å². The number of Topliss-reactive ketones (excluding diaryl/α,β-unsaturated/α-hetero) is 1. The zero-order chi connectivity index (χ0) is 13.4. The van der Waals surface area contributed by atoms with Crippen molar-refractivity contribution in [1.29, 1.82) is 0 Å². The summed E-state index contributed by atoms with van der Waals surface area (Å²) in [5.74, 6) is 0.364. The van der Waals surface area contributed by atoms with Crippen molar-refractivity contribution in [2.24, 2.45) is 5.92 Å². The molecule has 1 fully saturated rings. The van der Waals surface area contributed by atoms with Crippen molar-refractivity contribution in [3.63, 3.8) is 0 Å². The van der Waals surface area contributed by atoms with Gasteiger partial charge in [0.05, 0.1) is 10.7 Å². The Morgan fingerprint density at radius 3 is 2.56 bits per heavy atom. The third-order valence-corrected chi connectivity index (χ3v) is 4.57. The van der Waals surface area contributed by atoms with Gasteiger partial charge in [0.25, 0.3) is 0 Å². The predicted octanol–water partition coefficient (Wildman–Crippen LogP) is 4.11. The average Bonchev–Trinajstić information content (AvgIpc) is 2.32. The van der Waals surface area contributed by atoms with Crippen LogP contribution in [-0.2, 0) is 4.79 Å². The molecule has 0 saturated carbocycles. The van der Waals surface area contributed by atoms with E-state index in [2.05, 4.69) is 11.8 Å². The highest BCUT2D eigenvalue weighted by molar-refractivity contribution is 6.35. The molecule has 2 nitrogen and oxygen atoms in total. The number of hydrogen-bond donors (Lipinski definition) is 0. The van der Waals surface area contributed by atoms with Crippen LogP contribution in [0.15, 0.2) is 12.1 Å². The Bertz CT molecular complexity index is 487. The Morgan fingerprint density at radius 2 is 1.89 bits per heavy atom. The number of rotatable bonds is 1. The summed E-state index contributed by atoms with van der Waals surface area (Å²) in [5.41, 5.74) is 1.90. The molecule has 1 aromatic rings. The number of carbonyl (C=O) groups is 1. The van der Waals surface area contributed by atoms with E-state index in [0.717, 1.165) is 11.3 Å². The lowest BCUT2D eigenvalue weighted by atomic mass is 9.90. The number of aryl methyl sites for hydroxylation is 1. The zero-order valence-corrected chi connectivity index (χ0v) is 12.3. The third kappa shape index (κ3) is 2.36. The smallest absolute Gasteiger partial charge is 0.139 e. The van der Waals surface area contributed by atoms with Crippen LogP contribution in [-0.4, -0.2) is 18.4 Å². The summed E-state index contributed by atoms with van der Waals surface area (Å²) in [7, 11) is 0. The molecule has 0 radical (unpaired) electrons. The first-order chi connectivity index (χ1) is 8.41. The minimum absolute atomic E-state index is 0.0369. The van der Waals surface area contributed by atoms with E-state index in [9.17, 15) is 4.79 Å². The highest BCUT2D eigenvalue weighted by atomic mass is 35.5. The van der Waals surface area contributed by atoms with E-state index in [0.29, 0.717) is 28.8 Å². The molecule has 0 aromatic heterocycles. The molecule has 1 heterocycles. The number of anilines is 1. The van der Waals surface area contributed by atoms with Crippen LogP contribution in [0.4, 0.5) is 5.69 Å².